The van der Waals surface area contributed by atoms with E-state index in [1.165, 1.54) is 18.2 Å². The van der Waals surface area contributed by atoms with Crippen LogP contribution in [0.5, 0.6) is 11.5 Å². The molecule has 0 radical (unpaired) electrons. The number of aromatic hydroxyl groups is 1. The summed E-state index contributed by atoms with van der Waals surface area (Å²) in [5.41, 5.74) is 1.88. The van der Waals surface area contributed by atoms with Gasteiger partial charge in [0.2, 0.25) is 0 Å². The summed E-state index contributed by atoms with van der Waals surface area (Å²) in [5.74, 6) is -0.0644. The molecule has 0 saturated heterocycles. The normalized spacial score (nSPS) is 10.6. The molecular formula is C20H15Cl2NaO3S. The SMILES string of the molecule is COc1ccc(-c2cccs2)cc1C=CC(=O)c1ccc(Cl)c(Cl)c1O.[NaH]. The fraction of sp³-hybridized carbons (Fsp3) is 0.0500. The van der Waals surface area contributed by atoms with Crippen LogP contribution in [-0.4, -0.2) is 47.6 Å². The Hall–Kier alpha value is -1.27. The second-order valence-corrected chi connectivity index (χ2v) is 7.12. The van der Waals surface area contributed by atoms with E-state index in [9.17, 15) is 9.90 Å². The van der Waals surface area contributed by atoms with Gasteiger partial charge in [-0.2, -0.15) is 0 Å². The van der Waals surface area contributed by atoms with E-state index >= 15 is 0 Å². The molecule has 0 atom stereocenters. The van der Waals surface area contributed by atoms with E-state index in [1.807, 2.05) is 35.7 Å². The van der Waals surface area contributed by atoms with Gasteiger partial charge in [0.25, 0.3) is 0 Å². The molecule has 0 unspecified atom stereocenters. The molecule has 0 bridgehead atoms. The Balaban J connectivity index is 0.00000261. The predicted molar refractivity (Wildman–Crippen MR) is 115 cm³/mol. The zero-order valence-electron chi connectivity index (χ0n) is 13.7. The maximum absolute atomic E-state index is 12.4. The average molecular weight is 429 g/mol. The van der Waals surface area contributed by atoms with E-state index in [-0.39, 0.29) is 56.7 Å². The number of halogens is 2. The first-order chi connectivity index (χ1) is 12.5. The summed E-state index contributed by atoms with van der Waals surface area (Å²) >= 11 is 13.4. The third-order valence-corrected chi connectivity index (χ3v) is 5.50. The van der Waals surface area contributed by atoms with E-state index in [4.69, 9.17) is 27.9 Å². The summed E-state index contributed by atoms with van der Waals surface area (Å²) in [6, 6.07) is 12.7. The van der Waals surface area contributed by atoms with Crippen LogP contribution in [0.2, 0.25) is 10.0 Å². The third-order valence-electron chi connectivity index (χ3n) is 3.78. The molecule has 0 saturated carbocycles. The van der Waals surface area contributed by atoms with Crippen molar-refractivity contribution >= 4 is 76.0 Å². The van der Waals surface area contributed by atoms with Gasteiger partial charge >= 0.3 is 29.6 Å². The Bertz CT molecular complexity index is 985. The molecule has 134 valence electrons. The van der Waals surface area contributed by atoms with Crippen LogP contribution in [0.25, 0.3) is 16.5 Å². The summed E-state index contributed by atoms with van der Waals surface area (Å²) in [5, 5.41) is 12.2. The minimum atomic E-state index is -0.385. The Kier molecular flexibility index (Phi) is 7.98. The molecule has 2 aromatic carbocycles. The number of phenols is 1. The van der Waals surface area contributed by atoms with Gasteiger partial charge in [0.05, 0.1) is 17.7 Å². The van der Waals surface area contributed by atoms with Crippen molar-refractivity contribution in [2.24, 2.45) is 0 Å². The second kappa shape index (κ2) is 9.78. The van der Waals surface area contributed by atoms with Gasteiger partial charge in [0, 0.05) is 10.4 Å². The van der Waals surface area contributed by atoms with Gasteiger partial charge in [0.1, 0.15) is 16.5 Å². The second-order valence-electron chi connectivity index (χ2n) is 5.39. The summed E-state index contributed by atoms with van der Waals surface area (Å²) in [6.45, 7) is 0. The third kappa shape index (κ3) is 4.96. The number of ketones is 1. The van der Waals surface area contributed by atoms with E-state index in [1.54, 1.807) is 24.5 Å². The van der Waals surface area contributed by atoms with Crippen LogP contribution in [0.4, 0.5) is 0 Å². The maximum atomic E-state index is 12.4. The van der Waals surface area contributed by atoms with Crippen molar-refractivity contribution in [3.8, 4) is 21.9 Å². The molecule has 0 spiro atoms. The molecular weight excluding hydrogens is 414 g/mol. The van der Waals surface area contributed by atoms with Gasteiger partial charge in [-0.1, -0.05) is 29.3 Å². The molecule has 3 rings (SSSR count). The predicted octanol–water partition coefficient (Wildman–Crippen LogP) is 5.68. The number of hydrogen-bond donors (Lipinski definition) is 1. The quantitative estimate of drug-likeness (QED) is 0.322. The van der Waals surface area contributed by atoms with E-state index in [2.05, 4.69) is 0 Å². The zero-order valence-corrected chi connectivity index (χ0v) is 16.0. The first kappa shape index (κ1) is 22.0. The number of allylic oxidation sites excluding steroid dienone is 1. The van der Waals surface area contributed by atoms with Crippen molar-refractivity contribution in [1.29, 1.82) is 0 Å². The molecule has 0 aliphatic carbocycles. The Morgan fingerprint density at radius 3 is 2.63 bits per heavy atom. The first-order valence-electron chi connectivity index (χ1n) is 7.62. The molecule has 1 aromatic heterocycles. The van der Waals surface area contributed by atoms with Crippen molar-refractivity contribution in [1.82, 2.24) is 0 Å². The van der Waals surface area contributed by atoms with Crippen molar-refractivity contribution in [2.45, 2.75) is 0 Å². The molecule has 3 aromatic rings. The molecule has 1 heterocycles. The molecule has 3 nitrogen and oxygen atoms in total. The molecule has 0 fully saturated rings. The van der Waals surface area contributed by atoms with Crippen molar-refractivity contribution in [2.75, 3.05) is 7.11 Å². The summed E-state index contributed by atoms with van der Waals surface area (Å²) in [7, 11) is 1.57. The van der Waals surface area contributed by atoms with Gasteiger partial charge in [-0.05, 0) is 59.5 Å². The van der Waals surface area contributed by atoms with E-state index < -0.39 is 0 Å². The van der Waals surface area contributed by atoms with Crippen LogP contribution in [-0.2, 0) is 0 Å². The Morgan fingerprint density at radius 1 is 1.19 bits per heavy atom. The van der Waals surface area contributed by atoms with Gasteiger partial charge in [0.15, 0.2) is 5.78 Å². The monoisotopic (exact) mass is 428 g/mol. The first-order valence-corrected chi connectivity index (χ1v) is 9.26. The van der Waals surface area contributed by atoms with Crippen LogP contribution in [0, 0.1) is 0 Å². The van der Waals surface area contributed by atoms with Gasteiger partial charge in [-0.25, -0.2) is 0 Å². The minimum absolute atomic E-state index is 0. The number of methoxy groups -OCH3 is 1. The molecule has 1 N–H and O–H groups in total. The van der Waals surface area contributed by atoms with Gasteiger partial charge in [-0.3, -0.25) is 4.79 Å². The van der Waals surface area contributed by atoms with Crippen molar-refractivity contribution in [3.05, 3.63) is 75.1 Å². The topological polar surface area (TPSA) is 46.5 Å². The molecule has 0 aliphatic rings. The van der Waals surface area contributed by atoms with Crippen LogP contribution in [0.1, 0.15) is 15.9 Å². The van der Waals surface area contributed by atoms with Crippen molar-refractivity contribution in [3.63, 3.8) is 0 Å². The fourth-order valence-corrected chi connectivity index (χ4v) is 3.50. The van der Waals surface area contributed by atoms with E-state index in [0.717, 1.165) is 16.0 Å². The standard InChI is InChI=1S/C20H14Cl2O3S.Na.H/c1-25-17-9-5-13(18-3-2-10-26-18)11-12(17)4-8-16(23)14-6-7-15(21)19(22)20(14)24;;/h2-11,24H,1H3;;. The number of hydrogen-bond acceptors (Lipinski definition) is 4. The van der Waals surface area contributed by atoms with Crippen LogP contribution in [0.3, 0.4) is 0 Å². The molecule has 0 amide bonds. The van der Waals surface area contributed by atoms with Crippen LogP contribution >= 0.6 is 34.5 Å². The number of ether oxygens (including phenoxy) is 1. The molecule has 27 heavy (non-hydrogen) atoms. The Labute approximate surface area is 193 Å². The van der Waals surface area contributed by atoms with Crippen LogP contribution in [0.15, 0.2) is 53.9 Å². The number of carbonyl (C=O) groups is 1. The van der Waals surface area contributed by atoms with Crippen LogP contribution < -0.4 is 4.74 Å². The molecule has 0 aliphatic heterocycles. The number of benzene rings is 2. The summed E-state index contributed by atoms with van der Waals surface area (Å²) < 4.78 is 5.37. The average Bonchev–Trinajstić information content (AvgIpc) is 3.19. The zero-order chi connectivity index (χ0) is 18.7. The van der Waals surface area contributed by atoms with Gasteiger partial charge in [-0.15, -0.1) is 11.3 Å². The Morgan fingerprint density at radius 2 is 1.96 bits per heavy atom. The summed E-state index contributed by atoms with van der Waals surface area (Å²) in [4.78, 5) is 13.5. The number of carbonyl (C=O) groups excluding carboxylic acids is 1. The number of thiophene rings is 1. The van der Waals surface area contributed by atoms with E-state index in [0.29, 0.717) is 5.75 Å². The fourth-order valence-electron chi connectivity index (χ4n) is 2.45. The van der Waals surface area contributed by atoms with Crippen molar-refractivity contribution < 1.29 is 14.6 Å². The summed E-state index contributed by atoms with van der Waals surface area (Å²) in [6.07, 6.45) is 3.02. The number of rotatable bonds is 5. The number of phenolic OH excluding ortho intramolecular Hbond substituents is 1. The van der Waals surface area contributed by atoms with Gasteiger partial charge < -0.3 is 9.84 Å². The molecule has 7 heteroatoms.